The van der Waals surface area contributed by atoms with E-state index in [1.165, 1.54) is 0 Å². The minimum Gasteiger partial charge on any atom is -0.368 e. The van der Waals surface area contributed by atoms with Crippen molar-refractivity contribution in [2.24, 2.45) is 5.92 Å². The van der Waals surface area contributed by atoms with E-state index in [-0.39, 0.29) is 17.9 Å². The zero-order valence-electron chi connectivity index (χ0n) is 15.6. The molecule has 2 aromatic heterocycles. The Labute approximate surface area is 159 Å². The van der Waals surface area contributed by atoms with Crippen LogP contribution in [0.1, 0.15) is 31.2 Å². The summed E-state index contributed by atoms with van der Waals surface area (Å²) in [5, 5.41) is 13.7. The van der Waals surface area contributed by atoms with Crippen molar-refractivity contribution < 1.29 is 4.79 Å². The molecular formula is C20H24N6O. The molecular weight excluding hydrogens is 340 g/mol. The summed E-state index contributed by atoms with van der Waals surface area (Å²) in [7, 11) is 0. The SMILES string of the molecule is Cc1cnn(-c2ccncc2N2CCC(C(=O)N3CCC[C@@H]3C#N)CC2)c1. The summed E-state index contributed by atoms with van der Waals surface area (Å²) in [6.07, 6.45) is 10.9. The molecule has 0 radical (unpaired) electrons. The van der Waals surface area contributed by atoms with Crippen LogP contribution < -0.4 is 4.90 Å². The molecule has 2 fully saturated rings. The van der Waals surface area contributed by atoms with Crippen LogP contribution in [-0.4, -0.2) is 51.2 Å². The van der Waals surface area contributed by atoms with Crippen LogP contribution in [0.15, 0.2) is 30.9 Å². The first-order valence-corrected chi connectivity index (χ1v) is 9.58. The monoisotopic (exact) mass is 364 g/mol. The van der Waals surface area contributed by atoms with Gasteiger partial charge in [0.1, 0.15) is 6.04 Å². The predicted octanol–water partition coefficient (Wildman–Crippen LogP) is 2.31. The van der Waals surface area contributed by atoms with Gasteiger partial charge in [0.25, 0.3) is 0 Å². The second-order valence-electron chi connectivity index (χ2n) is 7.41. The largest absolute Gasteiger partial charge is 0.368 e. The number of amides is 1. The molecule has 140 valence electrons. The second-order valence-corrected chi connectivity index (χ2v) is 7.41. The van der Waals surface area contributed by atoms with Crippen molar-refractivity contribution >= 4 is 11.6 Å². The zero-order chi connectivity index (χ0) is 18.8. The topological polar surface area (TPSA) is 78.1 Å². The fourth-order valence-electron chi connectivity index (χ4n) is 4.13. The van der Waals surface area contributed by atoms with E-state index in [4.69, 9.17) is 0 Å². The molecule has 4 heterocycles. The molecule has 0 unspecified atom stereocenters. The molecule has 27 heavy (non-hydrogen) atoms. The first-order valence-electron chi connectivity index (χ1n) is 9.58. The molecule has 0 spiro atoms. The number of likely N-dealkylation sites (tertiary alicyclic amines) is 1. The Bertz CT molecular complexity index is 861. The number of aryl methyl sites for hydroxylation is 1. The molecule has 7 heteroatoms. The molecule has 4 rings (SSSR count). The summed E-state index contributed by atoms with van der Waals surface area (Å²) in [6, 6.07) is 4.01. The second kappa shape index (κ2) is 7.39. The number of nitrogens with zero attached hydrogens (tertiary/aromatic N) is 6. The highest BCUT2D eigenvalue weighted by Gasteiger charge is 2.35. The minimum absolute atomic E-state index is 0.0160. The molecule has 0 bridgehead atoms. The van der Waals surface area contributed by atoms with Gasteiger partial charge in [-0.3, -0.25) is 9.78 Å². The molecule has 0 saturated carbocycles. The van der Waals surface area contributed by atoms with Crippen LogP contribution in [0, 0.1) is 24.2 Å². The Morgan fingerprint density at radius 3 is 2.70 bits per heavy atom. The van der Waals surface area contributed by atoms with Crippen molar-refractivity contribution in [3.63, 3.8) is 0 Å². The molecule has 1 amide bonds. The summed E-state index contributed by atoms with van der Waals surface area (Å²) in [4.78, 5) is 21.2. The van der Waals surface area contributed by atoms with Crippen LogP contribution >= 0.6 is 0 Å². The smallest absolute Gasteiger partial charge is 0.226 e. The van der Waals surface area contributed by atoms with E-state index in [9.17, 15) is 10.1 Å². The fourth-order valence-corrected chi connectivity index (χ4v) is 4.13. The number of pyridine rings is 1. The maximum absolute atomic E-state index is 12.8. The van der Waals surface area contributed by atoms with Crippen LogP contribution in [-0.2, 0) is 4.79 Å². The van der Waals surface area contributed by atoms with Crippen molar-refractivity contribution in [3.8, 4) is 11.8 Å². The van der Waals surface area contributed by atoms with Crippen LogP contribution in [0.25, 0.3) is 5.69 Å². The lowest BCUT2D eigenvalue weighted by Gasteiger charge is -2.35. The maximum Gasteiger partial charge on any atom is 0.226 e. The number of anilines is 1. The highest BCUT2D eigenvalue weighted by Crippen LogP contribution is 2.30. The van der Waals surface area contributed by atoms with Gasteiger partial charge in [0, 0.05) is 37.9 Å². The van der Waals surface area contributed by atoms with Gasteiger partial charge in [-0.05, 0) is 44.2 Å². The lowest BCUT2D eigenvalue weighted by Crippen LogP contribution is -2.44. The summed E-state index contributed by atoms with van der Waals surface area (Å²) >= 11 is 0. The van der Waals surface area contributed by atoms with Gasteiger partial charge in [-0.1, -0.05) is 0 Å². The third kappa shape index (κ3) is 3.39. The fraction of sp³-hybridized carbons (Fsp3) is 0.500. The molecule has 0 aliphatic carbocycles. The van der Waals surface area contributed by atoms with E-state index in [1.54, 1.807) is 11.1 Å². The number of piperidine rings is 1. The predicted molar refractivity (Wildman–Crippen MR) is 101 cm³/mol. The van der Waals surface area contributed by atoms with Crippen molar-refractivity contribution in [3.05, 3.63) is 36.4 Å². The Balaban J connectivity index is 1.46. The van der Waals surface area contributed by atoms with Crippen molar-refractivity contribution in [2.45, 2.75) is 38.6 Å². The summed E-state index contributed by atoms with van der Waals surface area (Å²) < 4.78 is 1.88. The number of aromatic nitrogens is 3. The van der Waals surface area contributed by atoms with E-state index in [0.29, 0.717) is 0 Å². The molecule has 1 atom stereocenters. The molecule has 2 aliphatic heterocycles. The van der Waals surface area contributed by atoms with Gasteiger partial charge in [-0.25, -0.2) is 4.68 Å². The number of rotatable bonds is 3. The van der Waals surface area contributed by atoms with E-state index in [0.717, 1.165) is 62.3 Å². The first-order chi connectivity index (χ1) is 13.2. The van der Waals surface area contributed by atoms with Gasteiger partial charge in [0.05, 0.1) is 29.8 Å². The van der Waals surface area contributed by atoms with E-state index in [2.05, 4.69) is 21.1 Å². The molecule has 2 saturated heterocycles. The average Bonchev–Trinajstić information content (AvgIpc) is 3.36. The average molecular weight is 364 g/mol. The molecule has 2 aromatic rings. The Morgan fingerprint density at radius 1 is 1.19 bits per heavy atom. The summed E-state index contributed by atoms with van der Waals surface area (Å²) in [5.74, 6) is 0.176. The molecule has 0 N–H and O–H groups in total. The lowest BCUT2D eigenvalue weighted by atomic mass is 9.94. The van der Waals surface area contributed by atoms with Crippen LogP contribution in [0.5, 0.6) is 0 Å². The van der Waals surface area contributed by atoms with E-state index in [1.807, 2.05) is 36.3 Å². The first kappa shape index (κ1) is 17.5. The lowest BCUT2D eigenvalue weighted by molar-refractivity contribution is -0.136. The number of hydrogen-bond acceptors (Lipinski definition) is 5. The zero-order valence-corrected chi connectivity index (χ0v) is 15.6. The van der Waals surface area contributed by atoms with Crippen LogP contribution in [0.4, 0.5) is 5.69 Å². The Morgan fingerprint density at radius 2 is 2.00 bits per heavy atom. The van der Waals surface area contributed by atoms with Crippen molar-refractivity contribution in [1.29, 1.82) is 5.26 Å². The molecule has 7 nitrogen and oxygen atoms in total. The third-order valence-electron chi connectivity index (χ3n) is 5.61. The third-order valence-corrected chi connectivity index (χ3v) is 5.61. The summed E-state index contributed by atoms with van der Waals surface area (Å²) in [6.45, 7) is 4.36. The van der Waals surface area contributed by atoms with Gasteiger partial charge >= 0.3 is 0 Å². The molecule has 2 aliphatic rings. The summed E-state index contributed by atoms with van der Waals surface area (Å²) in [5.41, 5.74) is 3.16. The number of hydrogen-bond donors (Lipinski definition) is 0. The van der Waals surface area contributed by atoms with Gasteiger partial charge in [-0.15, -0.1) is 0 Å². The Hall–Kier alpha value is -2.88. The normalized spacial score (nSPS) is 20.7. The number of carbonyl (C=O) groups is 1. The minimum atomic E-state index is -0.233. The van der Waals surface area contributed by atoms with Gasteiger partial charge in [0.2, 0.25) is 5.91 Å². The van der Waals surface area contributed by atoms with Crippen molar-refractivity contribution in [2.75, 3.05) is 24.5 Å². The number of carbonyl (C=O) groups excluding carboxylic acids is 1. The molecule has 0 aromatic carbocycles. The van der Waals surface area contributed by atoms with Crippen molar-refractivity contribution in [1.82, 2.24) is 19.7 Å². The van der Waals surface area contributed by atoms with E-state index < -0.39 is 0 Å². The van der Waals surface area contributed by atoms with Gasteiger partial charge in [-0.2, -0.15) is 10.4 Å². The van der Waals surface area contributed by atoms with Crippen LogP contribution in [0.2, 0.25) is 0 Å². The Kier molecular flexibility index (Phi) is 4.80. The van der Waals surface area contributed by atoms with Gasteiger partial charge in [0.15, 0.2) is 0 Å². The highest BCUT2D eigenvalue weighted by molar-refractivity contribution is 5.80. The quantitative estimate of drug-likeness (QED) is 0.835. The maximum atomic E-state index is 12.8. The number of nitriles is 1. The standard InChI is InChI=1S/C20H24N6O/c1-15-12-23-26(14-15)18-4-7-22-13-19(18)24-9-5-16(6-10-24)20(27)25-8-2-3-17(25)11-21/h4,7,12-14,16-17H,2-3,5-6,8-10H2,1H3/t17-/m1/s1. The van der Waals surface area contributed by atoms with Crippen LogP contribution in [0.3, 0.4) is 0 Å². The van der Waals surface area contributed by atoms with E-state index >= 15 is 0 Å². The highest BCUT2D eigenvalue weighted by atomic mass is 16.2. The van der Waals surface area contributed by atoms with Gasteiger partial charge < -0.3 is 9.80 Å².